The second kappa shape index (κ2) is 11.7. The van der Waals surface area contributed by atoms with Crippen molar-refractivity contribution in [3.8, 4) is 11.5 Å². The average molecular weight is 513 g/mol. The molecule has 192 valence electrons. The molecule has 1 heterocycles. The second-order valence-corrected chi connectivity index (χ2v) is 8.01. The third-order valence-electron chi connectivity index (χ3n) is 5.43. The maximum absolute atomic E-state index is 13.0. The minimum atomic E-state index is -0.680. The molecule has 0 unspecified atom stereocenters. The molecule has 0 bridgehead atoms. The van der Waals surface area contributed by atoms with E-state index in [1.807, 2.05) is 13.0 Å². The van der Waals surface area contributed by atoms with E-state index in [0.29, 0.717) is 46.6 Å². The third-order valence-corrected chi connectivity index (χ3v) is 5.43. The Bertz CT molecular complexity index is 1620. The quantitative estimate of drug-likeness (QED) is 0.0790. The number of aromatic nitrogens is 2. The van der Waals surface area contributed by atoms with Gasteiger partial charge in [0.15, 0.2) is 11.5 Å². The Morgan fingerprint density at radius 2 is 1.87 bits per heavy atom. The van der Waals surface area contributed by atoms with Gasteiger partial charge in [-0.2, -0.15) is 9.78 Å². The Hall–Kier alpha value is -5.12. The van der Waals surface area contributed by atoms with Crippen molar-refractivity contribution in [3.05, 3.63) is 110 Å². The lowest BCUT2D eigenvalue weighted by molar-refractivity contribution is -0.384. The highest BCUT2D eigenvalue weighted by molar-refractivity contribution is 5.89. The molecule has 0 amide bonds. The Kier molecular flexibility index (Phi) is 8.02. The van der Waals surface area contributed by atoms with Crippen molar-refractivity contribution in [1.29, 1.82) is 0 Å². The van der Waals surface area contributed by atoms with Crippen LogP contribution in [0, 0.1) is 10.1 Å². The maximum Gasteiger partial charge on any atom is 0.336 e. The zero-order valence-corrected chi connectivity index (χ0v) is 20.7. The van der Waals surface area contributed by atoms with E-state index in [-0.39, 0.29) is 17.0 Å². The van der Waals surface area contributed by atoms with Crippen LogP contribution in [-0.4, -0.2) is 33.4 Å². The van der Waals surface area contributed by atoms with Crippen molar-refractivity contribution in [3.63, 3.8) is 0 Å². The van der Waals surface area contributed by atoms with Gasteiger partial charge in [-0.15, -0.1) is 0 Å². The molecule has 0 saturated carbocycles. The van der Waals surface area contributed by atoms with Gasteiger partial charge in [0.05, 0.1) is 28.6 Å². The number of nitro groups is 1. The van der Waals surface area contributed by atoms with Gasteiger partial charge in [-0.25, -0.2) is 9.78 Å². The molecule has 0 aliphatic carbocycles. The Morgan fingerprint density at radius 3 is 2.63 bits per heavy atom. The number of nitrogens with zero attached hydrogens (tertiary/aromatic N) is 4. The van der Waals surface area contributed by atoms with Crippen LogP contribution in [0.1, 0.15) is 30.8 Å². The summed E-state index contributed by atoms with van der Waals surface area (Å²) in [7, 11) is 0. The van der Waals surface area contributed by atoms with Crippen molar-refractivity contribution in [2.24, 2.45) is 5.10 Å². The molecule has 10 nitrogen and oxygen atoms in total. The summed E-state index contributed by atoms with van der Waals surface area (Å²) in [5.41, 5.74) is 1.37. The SMILES string of the molecule is CCOc1cc(C=Nn2c(CC)nc3ccccc3c2=O)ccc1OC(=O)/C=C/c1cccc([N+](=O)[O-])c1. The van der Waals surface area contributed by atoms with Crippen LogP contribution in [0.5, 0.6) is 11.5 Å². The summed E-state index contributed by atoms with van der Waals surface area (Å²) in [6.07, 6.45) is 4.63. The zero-order chi connectivity index (χ0) is 27.1. The summed E-state index contributed by atoms with van der Waals surface area (Å²) in [5.74, 6) is 0.348. The van der Waals surface area contributed by atoms with Crippen molar-refractivity contribution in [2.75, 3.05) is 6.61 Å². The first-order valence-electron chi connectivity index (χ1n) is 11.9. The summed E-state index contributed by atoms with van der Waals surface area (Å²) in [6, 6.07) is 17.9. The van der Waals surface area contributed by atoms with Gasteiger partial charge in [0, 0.05) is 24.6 Å². The average Bonchev–Trinajstić information content (AvgIpc) is 2.93. The number of carbonyl (C=O) groups is 1. The predicted octanol–water partition coefficient (Wildman–Crippen LogP) is 4.77. The summed E-state index contributed by atoms with van der Waals surface area (Å²) in [6.45, 7) is 4.01. The molecule has 0 spiro atoms. The molecule has 4 rings (SSSR count). The highest BCUT2D eigenvalue weighted by Crippen LogP contribution is 2.28. The second-order valence-electron chi connectivity index (χ2n) is 8.01. The lowest BCUT2D eigenvalue weighted by atomic mass is 10.2. The number of rotatable bonds is 9. The molecule has 0 aliphatic rings. The smallest absolute Gasteiger partial charge is 0.336 e. The third kappa shape index (κ3) is 5.98. The number of nitro benzene ring substituents is 1. The number of carbonyl (C=O) groups excluding carboxylic acids is 1. The molecule has 0 saturated heterocycles. The van der Waals surface area contributed by atoms with Crippen LogP contribution < -0.4 is 15.0 Å². The number of hydrogen-bond acceptors (Lipinski definition) is 8. The van der Waals surface area contributed by atoms with E-state index >= 15 is 0 Å². The van der Waals surface area contributed by atoms with E-state index in [1.165, 1.54) is 41.2 Å². The minimum Gasteiger partial charge on any atom is -0.490 e. The van der Waals surface area contributed by atoms with Crippen LogP contribution >= 0.6 is 0 Å². The maximum atomic E-state index is 13.0. The number of non-ortho nitro benzene ring substituents is 1. The van der Waals surface area contributed by atoms with Crippen LogP contribution in [0.2, 0.25) is 0 Å². The highest BCUT2D eigenvalue weighted by atomic mass is 16.6. The van der Waals surface area contributed by atoms with Gasteiger partial charge in [0.2, 0.25) is 0 Å². The largest absolute Gasteiger partial charge is 0.490 e. The molecule has 0 N–H and O–H groups in total. The van der Waals surface area contributed by atoms with E-state index in [2.05, 4.69) is 10.1 Å². The molecule has 1 aromatic heterocycles. The first-order valence-corrected chi connectivity index (χ1v) is 11.9. The summed E-state index contributed by atoms with van der Waals surface area (Å²) < 4.78 is 12.3. The highest BCUT2D eigenvalue weighted by Gasteiger charge is 2.12. The van der Waals surface area contributed by atoms with Crippen LogP contribution in [0.3, 0.4) is 0 Å². The molecule has 10 heteroatoms. The number of benzene rings is 3. The molecule has 0 fully saturated rings. The molecule has 38 heavy (non-hydrogen) atoms. The number of fused-ring (bicyclic) bond motifs is 1. The zero-order valence-electron chi connectivity index (χ0n) is 20.7. The Labute approximate surface area is 217 Å². The lowest BCUT2D eigenvalue weighted by Crippen LogP contribution is -2.22. The molecule has 4 aromatic rings. The van der Waals surface area contributed by atoms with Gasteiger partial charge in [-0.3, -0.25) is 14.9 Å². The standard InChI is InChI=1S/C28H24N4O6/c1-3-26-30-23-11-6-5-10-22(23)28(34)31(26)29-18-20-12-14-24(25(17-20)37-4-2)38-27(33)15-13-19-8-7-9-21(16-19)32(35)36/h5-18H,3-4H2,1-2H3/b15-13+,29-18?. The van der Waals surface area contributed by atoms with E-state index in [9.17, 15) is 19.7 Å². The Morgan fingerprint density at radius 1 is 1.05 bits per heavy atom. The van der Waals surface area contributed by atoms with Gasteiger partial charge < -0.3 is 9.47 Å². The number of ether oxygens (including phenoxy) is 2. The van der Waals surface area contributed by atoms with Gasteiger partial charge in [-0.05, 0) is 54.5 Å². The number of hydrogen-bond donors (Lipinski definition) is 0. The first-order chi connectivity index (χ1) is 18.4. The van der Waals surface area contributed by atoms with Crippen LogP contribution in [0.15, 0.2) is 82.7 Å². The summed E-state index contributed by atoms with van der Waals surface area (Å²) in [5, 5.41) is 15.8. The van der Waals surface area contributed by atoms with Crippen LogP contribution in [0.4, 0.5) is 5.69 Å². The van der Waals surface area contributed by atoms with Crippen molar-refractivity contribution in [1.82, 2.24) is 9.66 Å². The van der Waals surface area contributed by atoms with E-state index < -0.39 is 10.9 Å². The van der Waals surface area contributed by atoms with Gasteiger partial charge in [0.1, 0.15) is 5.82 Å². The summed E-state index contributed by atoms with van der Waals surface area (Å²) in [4.78, 5) is 40.3. The fourth-order valence-electron chi connectivity index (χ4n) is 3.65. The molecule has 0 aliphatic heterocycles. The molecule has 0 radical (unpaired) electrons. The van der Waals surface area contributed by atoms with Crippen molar-refractivity contribution >= 4 is 34.9 Å². The van der Waals surface area contributed by atoms with Gasteiger partial charge in [-0.1, -0.05) is 31.2 Å². The van der Waals surface area contributed by atoms with Crippen LogP contribution in [0.25, 0.3) is 17.0 Å². The van der Waals surface area contributed by atoms with Crippen molar-refractivity contribution in [2.45, 2.75) is 20.3 Å². The fraction of sp³-hybridized carbons (Fsp3) is 0.143. The summed E-state index contributed by atoms with van der Waals surface area (Å²) >= 11 is 0. The van der Waals surface area contributed by atoms with Gasteiger partial charge in [0.25, 0.3) is 11.2 Å². The molecule has 3 aromatic carbocycles. The lowest BCUT2D eigenvalue weighted by Gasteiger charge is -2.11. The number of aryl methyl sites for hydroxylation is 1. The van der Waals surface area contributed by atoms with E-state index in [0.717, 1.165) is 0 Å². The fourth-order valence-corrected chi connectivity index (χ4v) is 3.65. The van der Waals surface area contributed by atoms with E-state index in [4.69, 9.17) is 9.47 Å². The topological polar surface area (TPSA) is 126 Å². The number of para-hydroxylation sites is 1. The molecular formula is C28H24N4O6. The van der Waals surface area contributed by atoms with Crippen LogP contribution in [-0.2, 0) is 11.2 Å². The van der Waals surface area contributed by atoms with E-state index in [1.54, 1.807) is 49.4 Å². The predicted molar refractivity (Wildman–Crippen MR) is 144 cm³/mol. The number of esters is 1. The van der Waals surface area contributed by atoms with Gasteiger partial charge >= 0.3 is 5.97 Å². The monoisotopic (exact) mass is 512 g/mol. The molecule has 0 atom stereocenters. The minimum absolute atomic E-state index is 0.0795. The first kappa shape index (κ1) is 26.0. The van der Waals surface area contributed by atoms with Crippen molar-refractivity contribution < 1.29 is 19.2 Å². The Balaban J connectivity index is 1.56. The molecular weight excluding hydrogens is 488 g/mol. The normalized spacial score (nSPS) is 11.3.